The summed E-state index contributed by atoms with van der Waals surface area (Å²) in [6.45, 7) is 6.19. The van der Waals surface area contributed by atoms with Gasteiger partial charge >= 0.3 is 0 Å². The molecule has 110 valence electrons. The summed E-state index contributed by atoms with van der Waals surface area (Å²) in [7, 11) is 0. The van der Waals surface area contributed by atoms with E-state index in [0.29, 0.717) is 31.2 Å². The van der Waals surface area contributed by atoms with Gasteiger partial charge in [0.15, 0.2) is 0 Å². The Labute approximate surface area is 120 Å². The Morgan fingerprint density at radius 2 is 2.20 bits per heavy atom. The van der Waals surface area contributed by atoms with Gasteiger partial charge in [-0.2, -0.15) is 0 Å². The largest absolute Gasteiger partial charge is 0.494 e. The van der Waals surface area contributed by atoms with E-state index in [1.807, 2.05) is 30.0 Å². The third kappa shape index (κ3) is 3.44. The monoisotopic (exact) mass is 276 g/mol. The standard InChI is InChI=1S/C16H24N2O2/c1-3-5-12-8-16(19)18(10-12)11-13-9-14(17)6-7-15(13)20-4-2/h6-7,9,12H,3-5,8,10-11,17H2,1-2H3. The van der Waals surface area contributed by atoms with Crippen molar-refractivity contribution in [2.45, 2.75) is 39.7 Å². The molecular weight excluding hydrogens is 252 g/mol. The number of carbonyl (C=O) groups is 1. The zero-order chi connectivity index (χ0) is 14.5. The number of likely N-dealkylation sites (tertiary alicyclic amines) is 1. The van der Waals surface area contributed by atoms with Crippen LogP contribution in [-0.4, -0.2) is 24.0 Å². The van der Waals surface area contributed by atoms with Gasteiger partial charge < -0.3 is 15.4 Å². The number of amides is 1. The molecule has 0 spiro atoms. The summed E-state index contributed by atoms with van der Waals surface area (Å²) in [5, 5.41) is 0. The van der Waals surface area contributed by atoms with E-state index in [1.54, 1.807) is 0 Å². The lowest BCUT2D eigenvalue weighted by Crippen LogP contribution is -2.25. The molecule has 1 unspecified atom stereocenters. The van der Waals surface area contributed by atoms with Gasteiger partial charge in [0.25, 0.3) is 0 Å². The van der Waals surface area contributed by atoms with Gasteiger partial charge in [0.1, 0.15) is 5.75 Å². The van der Waals surface area contributed by atoms with Gasteiger partial charge in [0, 0.05) is 30.8 Å². The number of nitrogens with zero attached hydrogens (tertiary/aromatic N) is 1. The van der Waals surface area contributed by atoms with Crippen molar-refractivity contribution in [3.8, 4) is 5.75 Å². The zero-order valence-corrected chi connectivity index (χ0v) is 12.4. The lowest BCUT2D eigenvalue weighted by Gasteiger charge is -2.19. The summed E-state index contributed by atoms with van der Waals surface area (Å²) in [6, 6.07) is 5.63. The third-order valence-electron chi connectivity index (χ3n) is 3.74. The maximum Gasteiger partial charge on any atom is 0.223 e. The van der Waals surface area contributed by atoms with Crippen molar-refractivity contribution in [2.24, 2.45) is 5.92 Å². The van der Waals surface area contributed by atoms with E-state index >= 15 is 0 Å². The summed E-state index contributed by atoms with van der Waals surface area (Å²) in [5.74, 6) is 1.57. The molecule has 0 saturated carbocycles. The van der Waals surface area contributed by atoms with E-state index in [-0.39, 0.29) is 5.91 Å². The number of carbonyl (C=O) groups excluding carboxylic acids is 1. The topological polar surface area (TPSA) is 55.6 Å². The second-order valence-corrected chi connectivity index (χ2v) is 5.43. The van der Waals surface area contributed by atoms with Gasteiger partial charge in [-0.05, 0) is 37.5 Å². The maximum atomic E-state index is 12.1. The number of nitrogens with two attached hydrogens (primary N) is 1. The molecule has 0 bridgehead atoms. The SMILES string of the molecule is CCCC1CC(=O)N(Cc2cc(N)ccc2OCC)C1. The van der Waals surface area contributed by atoms with Crippen molar-refractivity contribution in [3.63, 3.8) is 0 Å². The highest BCUT2D eigenvalue weighted by Crippen LogP contribution is 2.28. The van der Waals surface area contributed by atoms with Gasteiger partial charge in [-0.25, -0.2) is 0 Å². The quantitative estimate of drug-likeness (QED) is 0.813. The first-order valence-electron chi connectivity index (χ1n) is 7.43. The fourth-order valence-corrected chi connectivity index (χ4v) is 2.83. The molecule has 4 nitrogen and oxygen atoms in total. The second-order valence-electron chi connectivity index (χ2n) is 5.43. The molecule has 2 rings (SSSR count). The molecule has 1 aliphatic rings. The van der Waals surface area contributed by atoms with Crippen LogP contribution in [0.2, 0.25) is 0 Å². The zero-order valence-electron chi connectivity index (χ0n) is 12.4. The normalized spacial score (nSPS) is 18.6. The van der Waals surface area contributed by atoms with Crippen molar-refractivity contribution in [3.05, 3.63) is 23.8 Å². The van der Waals surface area contributed by atoms with E-state index in [2.05, 4.69) is 6.92 Å². The Bertz CT molecular complexity index is 474. The van der Waals surface area contributed by atoms with Gasteiger partial charge in [-0.15, -0.1) is 0 Å². The minimum absolute atomic E-state index is 0.244. The fraction of sp³-hybridized carbons (Fsp3) is 0.562. The maximum absolute atomic E-state index is 12.1. The minimum atomic E-state index is 0.244. The van der Waals surface area contributed by atoms with Crippen molar-refractivity contribution in [1.29, 1.82) is 0 Å². The Morgan fingerprint density at radius 1 is 1.40 bits per heavy atom. The molecule has 1 aromatic rings. The summed E-state index contributed by atoms with van der Waals surface area (Å²) in [4.78, 5) is 14.0. The third-order valence-corrected chi connectivity index (χ3v) is 3.74. The van der Waals surface area contributed by atoms with Crippen LogP contribution in [0.3, 0.4) is 0 Å². The molecule has 1 amide bonds. The van der Waals surface area contributed by atoms with E-state index < -0.39 is 0 Å². The van der Waals surface area contributed by atoms with E-state index in [4.69, 9.17) is 10.5 Å². The predicted octanol–water partition coefficient (Wildman–Crippen LogP) is 2.82. The number of hydrogen-bond acceptors (Lipinski definition) is 3. The Balaban J connectivity index is 2.09. The first-order valence-corrected chi connectivity index (χ1v) is 7.43. The summed E-state index contributed by atoms with van der Waals surface area (Å²) in [5.41, 5.74) is 7.55. The molecule has 1 saturated heterocycles. The number of benzene rings is 1. The predicted molar refractivity (Wildman–Crippen MR) is 80.5 cm³/mol. The summed E-state index contributed by atoms with van der Waals surface area (Å²) >= 11 is 0. The molecule has 0 aromatic heterocycles. The average Bonchev–Trinajstić information content (AvgIpc) is 2.74. The minimum Gasteiger partial charge on any atom is -0.494 e. The van der Waals surface area contributed by atoms with Crippen LogP contribution in [0.5, 0.6) is 5.75 Å². The second kappa shape index (κ2) is 6.64. The van der Waals surface area contributed by atoms with Crippen LogP contribution in [0.25, 0.3) is 0 Å². The molecule has 1 aromatic carbocycles. The van der Waals surface area contributed by atoms with Crippen molar-refractivity contribution in [2.75, 3.05) is 18.9 Å². The molecule has 0 aliphatic carbocycles. The van der Waals surface area contributed by atoms with Crippen LogP contribution >= 0.6 is 0 Å². The van der Waals surface area contributed by atoms with Crippen LogP contribution in [0.1, 0.15) is 38.7 Å². The van der Waals surface area contributed by atoms with Crippen LogP contribution in [0, 0.1) is 5.92 Å². The van der Waals surface area contributed by atoms with E-state index in [9.17, 15) is 4.79 Å². The fourth-order valence-electron chi connectivity index (χ4n) is 2.83. The number of nitrogen functional groups attached to an aromatic ring is 1. The first-order chi connectivity index (χ1) is 9.63. The highest BCUT2D eigenvalue weighted by Gasteiger charge is 2.29. The molecule has 20 heavy (non-hydrogen) atoms. The van der Waals surface area contributed by atoms with Crippen molar-refractivity contribution in [1.82, 2.24) is 4.90 Å². The summed E-state index contributed by atoms with van der Waals surface area (Å²) in [6.07, 6.45) is 2.94. The molecular formula is C16H24N2O2. The lowest BCUT2D eigenvalue weighted by atomic mass is 10.0. The smallest absolute Gasteiger partial charge is 0.223 e. The van der Waals surface area contributed by atoms with Crippen LogP contribution < -0.4 is 10.5 Å². The summed E-state index contributed by atoms with van der Waals surface area (Å²) < 4.78 is 5.62. The number of anilines is 1. The molecule has 4 heteroatoms. The number of ether oxygens (including phenoxy) is 1. The molecule has 2 N–H and O–H groups in total. The molecule has 1 aliphatic heterocycles. The van der Waals surface area contributed by atoms with Crippen LogP contribution in [-0.2, 0) is 11.3 Å². The number of rotatable bonds is 6. The molecule has 0 radical (unpaired) electrons. The van der Waals surface area contributed by atoms with Crippen LogP contribution in [0.15, 0.2) is 18.2 Å². The number of hydrogen-bond donors (Lipinski definition) is 1. The lowest BCUT2D eigenvalue weighted by molar-refractivity contribution is -0.128. The van der Waals surface area contributed by atoms with Gasteiger partial charge in [0.05, 0.1) is 6.61 Å². The van der Waals surface area contributed by atoms with Crippen LogP contribution in [0.4, 0.5) is 5.69 Å². The van der Waals surface area contributed by atoms with Crippen molar-refractivity contribution >= 4 is 11.6 Å². The van der Waals surface area contributed by atoms with E-state index in [0.717, 1.165) is 30.7 Å². The highest BCUT2D eigenvalue weighted by molar-refractivity contribution is 5.78. The van der Waals surface area contributed by atoms with Crippen molar-refractivity contribution < 1.29 is 9.53 Å². The van der Waals surface area contributed by atoms with E-state index in [1.165, 1.54) is 0 Å². The molecule has 1 atom stereocenters. The highest BCUT2D eigenvalue weighted by atomic mass is 16.5. The Morgan fingerprint density at radius 3 is 2.90 bits per heavy atom. The molecule has 1 heterocycles. The first kappa shape index (κ1) is 14.7. The average molecular weight is 276 g/mol. The van der Waals surface area contributed by atoms with Gasteiger partial charge in [-0.1, -0.05) is 13.3 Å². The molecule has 1 fully saturated rings. The van der Waals surface area contributed by atoms with Gasteiger partial charge in [-0.3, -0.25) is 4.79 Å². The Kier molecular flexibility index (Phi) is 4.88. The van der Waals surface area contributed by atoms with Gasteiger partial charge in [0.2, 0.25) is 5.91 Å². The Hall–Kier alpha value is -1.71.